The first-order chi connectivity index (χ1) is 10.9. The van der Waals surface area contributed by atoms with E-state index in [1.807, 2.05) is 16.8 Å². The molecule has 0 aliphatic heterocycles. The zero-order chi connectivity index (χ0) is 16.7. The summed E-state index contributed by atoms with van der Waals surface area (Å²) in [6.07, 6.45) is -3.25. The van der Waals surface area contributed by atoms with Crippen molar-refractivity contribution in [1.29, 1.82) is 0 Å². The zero-order valence-corrected chi connectivity index (χ0v) is 13.0. The predicted molar refractivity (Wildman–Crippen MR) is 82.5 cm³/mol. The van der Waals surface area contributed by atoms with Crippen molar-refractivity contribution in [2.45, 2.75) is 25.6 Å². The van der Waals surface area contributed by atoms with Crippen LogP contribution in [-0.4, -0.2) is 18.7 Å². The summed E-state index contributed by atoms with van der Waals surface area (Å²) in [5.74, 6) is 0.0865. The molecule has 0 aliphatic carbocycles. The largest absolute Gasteiger partial charge is 0.484 e. The van der Waals surface area contributed by atoms with Gasteiger partial charge in [-0.05, 0) is 46.5 Å². The molecule has 0 unspecified atom stereocenters. The third kappa shape index (κ3) is 6.73. The molecule has 0 aliphatic rings. The second-order valence-electron chi connectivity index (χ2n) is 4.96. The van der Waals surface area contributed by atoms with Gasteiger partial charge in [0, 0.05) is 13.0 Å². The highest BCUT2D eigenvalue weighted by Crippen LogP contribution is 2.18. The van der Waals surface area contributed by atoms with E-state index in [4.69, 9.17) is 0 Å². The molecule has 0 saturated carbocycles. The van der Waals surface area contributed by atoms with Gasteiger partial charge in [-0.3, -0.25) is 4.79 Å². The quantitative estimate of drug-likeness (QED) is 0.827. The Kier molecular flexibility index (Phi) is 6.04. The van der Waals surface area contributed by atoms with Crippen molar-refractivity contribution in [2.24, 2.45) is 0 Å². The van der Waals surface area contributed by atoms with Crippen LogP contribution in [0.5, 0.6) is 5.75 Å². The predicted octanol–water partition coefficient (Wildman–Crippen LogP) is 3.94. The van der Waals surface area contributed by atoms with Gasteiger partial charge in [0.1, 0.15) is 5.75 Å². The Morgan fingerprint density at radius 3 is 2.48 bits per heavy atom. The molecule has 1 amide bonds. The van der Waals surface area contributed by atoms with E-state index in [2.05, 4.69) is 10.1 Å². The second-order valence-corrected chi connectivity index (χ2v) is 5.74. The van der Waals surface area contributed by atoms with Crippen molar-refractivity contribution in [1.82, 2.24) is 5.32 Å². The summed E-state index contributed by atoms with van der Waals surface area (Å²) in [5, 5.41) is 6.76. The Morgan fingerprint density at radius 2 is 1.87 bits per heavy atom. The number of thiophene rings is 1. The van der Waals surface area contributed by atoms with Gasteiger partial charge in [0.25, 0.3) is 0 Å². The Hall–Kier alpha value is -2.02. The first kappa shape index (κ1) is 17.3. The number of nitrogens with one attached hydrogen (secondary N) is 1. The minimum absolute atomic E-state index is 0.0615. The van der Waals surface area contributed by atoms with Crippen molar-refractivity contribution < 1.29 is 22.7 Å². The molecule has 1 N–H and O–H groups in total. The maximum atomic E-state index is 12.0. The van der Waals surface area contributed by atoms with Crippen LogP contribution in [0.2, 0.25) is 0 Å². The topological polar surface area (TPSA) is 38.3 Å². The van der Waals surface area contributed by atoms with Crippen LogP contribution in [0.25, 0.3) is 0 Å². The van der Waals surface area contributed by atoms with Crippen LogP contribution in [0.4, 0.5) is 13.2 Å². The summed E-state index contributed by atoms with van der Waals surface area (Å²) in [6, 6.07) is 8.16. The molecule has 23 heavy (non-hydrogen) atoms. The lowest BCUT2D eigenvalue weighted by molar-refractivity contribution is -0.153. The first-order valence-corrected chi connectivity index (χ1v) is 7.93. The highest BCUT2D eigenvalue weighted by atomic mass is 32.1. The zero-order valence-electron chi connectivity index (χ0n) is 12.2. The number of aryl methyl sites for hydroxylation is 1. The maximum absolute atomic E-state index is 12.0. The number of benzene rings is 1. The monoisotopic (exact) mass is 343 g/mol. The molecule has 0 spiro atoms. The molecule has 0 saturated heterocycles. The van der Waals surface area contributed by atoms with Gasteiger partial charge in [-0.15, -0.1) is 0 Å². The molecule has 1 heterocycles. The molecule has 124 valence electrons. The van der Waals surface area contributed by atoms with Crippen molar-refractivity contribution >= 4 is 17.2 Å². The fourth-order valence-electron chi connectivity index (χ4n) is 1.85. The van der Waals surface area contributed by atoms with Crippen LogP contribution in [0.3, 0.4) is 0 Å². The molecule has 2 aromatic rings. The Balaban J connectivity index is 1.72. The van der Waals surface area contributed by atoms with Gasteiger partial charge in [0.2, 0.25) is 5.91 Å². The number of amides is 1. The third-order valence-corrected chi connectivity index (χ3v) is 3.77. The number of hydrogen-bond acceptors (Lipinski definition) is 3. The van der Waals surface area contributed by atoms with Crippen LogP contribution in [-0.2, 0) is 17.8 Å². The fraction of sp³-hybridized carbons (Fsp3) is 0.312. The molecule has 0 atom stereocenters. The van der Waals surface area contributed by atoms with Gasteiger partial charge in [-0.2, -0.15) is 24.5 Å². The fourth-order valence-corrected chi connectivity index (χ4v) is 2.55. The smallest absolute Gasteiger partial charge is 0.422 e. The lowest BCUT2D eigenvalue weighted by Crippen LogP contribution is -2.23. The van der Waals surface area contributed by atoms with E-state index in [-0.39, 0.29) is 11.7 Å². The van der Waals surface area contributed by atoms with E-state index in [0.717, 1.165) is 11.1 Å². The summed E-state index contributed by atoms with van der Waals surface area (Å²) < 4.78 is 40.7. The van der Waals surface area contributed by atoms with E-state index in [1.165, 1.54) is 12.1 Å². The molecule has 0 radical (unpaired) electrons. The lowest BCUT2D eigenvalue weighted by Gasteiger charge is -2.10. The number of ether oxygens (including phenoxy) is 1. The molecule has 0 fully saturated rings. The van der Waals surface area contributed by atoms with Crippen LogP contribution in [0.15, 0.2) is 41.1 Å². The number of carbonyl (C=O) groups is 1. The van der Waals surface area contributed by atoms with Crippen LogP contribution in [0.1, 0.15) is 17.5 Å². The second kappa shape index (κ2) is 8.01. The van der Waals surface area contributed by atoms with Crippen molar-refractivity contribution in [3.05, 3.63) is 52.2 Å². The molecule has 0 bridgehead atoms. The first-order valence-electron chi connectivity index (χ1n) is 6.99. The number of carbonyl (C=O) groups excluding carboxylic acids is 1. The molecular formula is C16H16F3NO2S. The van der Waals surface area contributed by atoms with E-state index in [0.29, 0.717) is 19.4 Å². The molecule has 1 aromatic carbocycles. The number of alkyl halides is 3. The van der Waals surface area contributed by atoms with Gasteiger partial charge in [-0.1, -0.05) is 12.1 Å². The average Bonchev–Trinajstić information content (AvgIpc) is 3.02. The Labute approximate surface area is 136 Å². The number of rotatable bonds is 7. The minimum Gasteiger partial charge on any atom is -0.484 e. The van der Waals surface area contributed by atoms with Crippen LogP contribution >= 0.6 is 11.3 Å². The number of halogens is 3. The average molecular weight is 343 g/mol. The molecule has 1 aromatic heterocycles. The molecule has 7 heteroatoms. The Bertz CT molecular complexity index is 609. The van der Waals surface area contributed by atoms with E-state index >= 15 is 0 Å². The summed E-state index contributed by atoms with van der Waals surface area (Å²) in [7, 11) is 0. The van der Waals surface area contributed by atoms with Crippen molar-refractivity contribution in [2.75, 3.05) is 6.61 Å². The van der Waals surface area contributed by atoms with E-state index < -0.39 is 12.8 Å². The maximum Gasteiger partial charge on any atom is 0.422 e. The number of hydrogen-bond donors (Lipinski definition) is 1. The lowest BCUT2D eigenvalue weighted by atomic mass is 10.2. The third-order valence-electron chi connectivity index (χ3n) is 3.04. The van der Waals surface area contributed by atoms with Gasteiger partial charge in [0.15, 0.2) is 6.61 Å². The van der Waals surface area contributed by atoms with Gasteiger partial charge >= 0.3 is 6.18 Å². The summed E-state index contributed by atoms with van der Waals surface area (Å²) in [5.41, 5.74) is 1.93. The molecule has 3 nitrogen and oxygen atoms in total. The standard InChI is InChI=1S/C16H16F3NO2S/c17-16(18,19)11-22-14-4-1-12(2-5-14)9-20-15(21)6-3-13-7-8-23-10-13/h1-2,4-5,7-8,10H,3,6,9,11H2,(H,20,21). The highest BCUT2D eigenvalue weighted by molar-refractivity contribution is 7.07. The van der Waals surface area contributed by atoms with Crippen LogP contribution < -0.4 is 10.1 Å². The highest BCUT2D eigenvalue weighted by Gasteiger charge is 2.28. The van der Waals surface area contributed by atoms with Crippen molar-refractivity contribution in [3.8, 4) is 5.75 Å². The van der Waals surface area contributed by atoms with E-state index in [9.17, 15) is 18.0 Å². The summed E-state index contributed by atoms with van der Waals surface area (Å²) in [6.45, 7) is -0.978. The summed E-state index contributed by atoms with van der Waals surface area (Å²) >= 11 is 1.59. The van der Waals surface area contributed by atoms with E-state index in [1.54, 1.807) is 23.5 Å². The molecular weight excluding hydrogens is 327 g/mol. The van der Waals surface area contributed by atoms with Gasteiger partial charge < -0.3 is 10.1 Å². The normalized spacial score (nSPS) is 11.3. The van der Waals surface area contributed by atoms with Crippen molar-refractivity contribution in [3.63, 3.8) is 0 Å². The minimum atomic E-state index is -4.35. The molecule has 2 rings (SSSR count). The SMILES string of the molecule is O=C(CCc1ccsc1)NCc1ccc(OCC(F)(F)F)cc1. The van der Waals surface area contributed by atoms with Gasteiger partial charge in [0.05, 0.1) is 0 Å². The Morgan fingerprint density at radius 1 is 1.13 bits per heavy atom. The summed E-state index contributed by atoms with van der Waals surface area (Å²) in [4.78, 5) is 11.7. The van der Waals surface area contributed by atoms with Gasteiger partial charge in [-0.25, -0.2) is 0 Å². The van der Waals surface area contributed by atoms with Crippen LogP contribution in [0, 0.1) is 0 Å².